The van der Waals surface area contributed by atoms with Gasteiger partial charge in [-0.25, -0.2) is 4.79 Å². The standard InChI is InChI=1S/C11H12ClNO4/c1-5(12)9(14)8-4-6(13)2-3-7(8)10(15)11(16)17/h2-5,10,15H,13H2,1H3,(H,16,17). The maximum Gasteiger partial charge on any atom is 0.337 e. The molecule has 0 aliphatic heterocycles. The molecule has 0 fully saturated rings. The molecule has 0 radical (unpaired) electrons. The molecule has 2 unspecified atom stereocenters. The van der Waals surface area contributed by atoms with Crippen LogP contribution < -0.4 is 5.73 Å². The molecule has 1 rings (SSSR count). The number of carbonyl (C=O) groups excluding carboxylic acids is 1. The molecule has 92 valence electrons. The van der Waals surface area contributed by atoms with Gasteiger partial charge in [-0.05, 0) is 19.1 Å². The summed E-state index contributed by atoms with van der Waals surface area (Å²) >= 11 is 5.65. The average Bonchev–Trinajstić information content (AvgIpc) is 2.26. The van der Waals surface area contributed by atoms with Crippen molar-refractivity contribution >= 4 is 29.0 Å². The summed E-state index contributed by atoms with van der Waals surface area (Å²) in [4.78, 5) is 22.5. The molecule has 6 heteroatoms. The normalized spacial score (nSPS) is 14.1. The van der Waals surface area contributed by atoms with Crippen molar-refractivity contribution in [1.82, 2.24) is 0 Å². The number of anilines is 1. The van der Waals surface area contributed by atoms with Crippen LogP contribution in [0.1, 0.15) is 28.9 Å². The Bertz CT molecular complexity index is 459. The number of Topliss-reactive ketones (excluding diaryl/α,β-unsaturated/α-hetero) is 1. The third-order valence-electron chi connectivity index (χ3n) is 2.23. The van der Waals surface area contributed by atoms with Crippen LogP contribution in [0.3, 0.4) is 0 Å². The topological polar surface area (TPSA) is 101 Å². The van der Waals surface area contributed by atoms with E-state index in [9.17, 15) is 14.7 Å². The summed E-state index contributed by atoms with van der Waals surface area (Å²) in [6, 6.07) is 4.03. The van der Waals surface area contributed by atoms with Crippen molar-refractivity contribution in [3.8, 4) is 0 Å². The van der Waals surface area contributed by atoms with Crippen molar-refractivity contribution in [2.24, 2.45) is 0 Å². The van der Waals surface area contributed by atoms with Gasteiger partial charge in [-0.3, -0.25) is 4.79 Å². The maximum absolute atomic E-state index is 11.8. The molecule has 4 N–H and O–H groups in total. The minimum Gasteiger partial charge on any atom is -0.479 e. The second-order valence-corrected chi connectivity index (χ2v) is 4.22. The van der Waals surface area contributed by atoms with Crippen molar-refractivity contribution in [3.05, 3.63) is 29.3 Å². The number of hydrogen-bond donors (Lipinski definition) is 3. The molecule has 0 saturated heterocycles. The van der Waals surface area contributed by atoms with Gasteiger partial charge in [0.25, 0.3) is 0 Å². The summed E-state index contributed by atoms with van der Waals surface area (Å²) in [6.45, 7) is 1.46. The second kappa shape index (κ2) is 5.16. The number of aliphatic hydroxyl groups is 1. The highest BCUT2D eigenvalue weighted by atomic mass is 35.5. The molecular weight excluding hydrogens is 246 g/mol. The first-order valence-corrected chi connectivity index (χ1v) is 5.26. The third kappa shape index (κ3) is 2.95. The fourth-order valence-electron chi connectivity index (χ4n) is 1.37. The van der Waals surface area contributed by atoms with Gasteiger partial charge in [0.2, 0.25) is 0 Å². The number of hydrogen-bond acceptors (Lipinski definition) is 4. The van der Waals surface area contributed by atoms with Gasteiger partial charge in [-0.15, -0.1) is 11.6 Å². The number of ketones is 1. The minimum atomic E-state index is -1.77. The monoisotopic (exact) mass is 257 g/mol. The number of benzene rings is 1. The van der Waals surface area contributed by atoms with Gasteiger partial charge in [0.05, 0.1) is 5.38 Å². The predicted octanol–water partition coefficient (Wildman–Crippen LogP) is 1.20. The molecule has 0 aliphatic rings. The lowest BCUT2D eigenvalue weighted by Crippen LogP contribution is -2.19. The highest BCUT2D eigenvalue weighted by Gasteiger charge is 2.24. The third-order valence-corrected chi connectivity index (χ3v) is 2.43. The van der Waals surface area contributed by atoms with Crippen molar-refractivity contribution in [2.45, 2.75) is 18.4 Å². The Kier molecular flexibility index (Phi) is 4.09. The van der Waals surface area contributed by atoms with Gasteiger partial charge < -0.3 is 15.9 Å². The Labute approximate surface area is 103 Å². The smallest absolute Gasteiger partial charge is 0.337 e. The van der Waals surface area contributed by atoms with Crippen LogP contribution in [0.5, 0.6) is 0 Å². The first-order valence-electron chi connectivity index (χ1n) is 4.83. The quantitative estimate of drug-likeness (QED) is 0.427. The second-order valence-electron chi connectivity index (χ2n) is 3.57. The SMILES string of the molecule is CC(Cl)C(=O)c1cc(N)ccc1C(O)C(=O)O. The molecular formula is C11H12ClNO4. The van der Waals surface area contributed by atoms with E-state index < -0.39 is 23.2 Å². The molecule has 1 aromatic carbocycles. The van der Waals surface area contributed by atoms with Crippen LogP contribution in [0.25, 0.3) is 0 Å². The van der Waals surface area contributed by atoms with E-state index in [-0.39, 0.29) is 11.1 Å². The molecule has 0 bridgehead atoms. The molecule has 5 nitrogen and oxygen atoms in total. The highest BCUT2D eigenvalue weighted by molar-refractivity contribution is 6.33. The van der Waals surface area contributed by atoms with Crippen LogP contribution in [-0.4, -0.2) is 27.3 Å². The van der Waals surface area contributed by atoms with Gasteiger partial charge >= 0.3 is 5.97 Å². The zero-order valence-electron chi connectivity index (χ0n) is 9.05. The molecule has 0 saturated carbocycles. The average molecular weight is 258 g/mol. The fraction of sp³-hybridized carbons (Fsp3) is 0.273. The number of carboxylic acid groups (broad SMARTS) is 1. The van der Waals surface area contributed by atoms with Crippen molar-refractivity contribution < 1.29 is 19.8 Å². The first-order chi connectivity index (χ1) is 7.84. The van der Waals surface area contributed by atoms with Gasteiger partial charge in [0.15, 0.2) is 11.9 Å². The van der Waals surface area contributed by atoms with Crippen molar-refractivity contribution in [1.29, 1.82) is 0 Å². The summed E-state index contributed by atoms with van der Waals surface area (Å²) in [5, 5.41) is 17.4. The Morgan fingerprint density at radius 3 is 2.47 bits per heavy atom. The zero-order valence-corrected chi connectivity index (χ0v) is 9.81. The summed E-state index contributed by atoms with van der Waals surface area (Å²) in [7, 11) is 0. The summed E-state index contributed by atoms with van der Waals surface area (Å²) in [6.07, 6.45) is -1.77. The van der Waals surface area contributed by atoms with E-state index in [0.717, 1.165) is 0 Å². The van der Waals surface area contributed by atoms with Crippen LogP contribution >= 0.6 is 11.6 Å². The lowest BCUT2D eigenvalue weighted by atomic mass is 9.97. The van der Waals surface area contributed by atoms with E-state index in [0.29, 0.717) is 5.69 Å². The molecule has 0 heterocycles. The van der Waals surface area contributed by atoms with E-state index in [1.807, 2.05) is 0 Å². The van der Waals surface area contributed by atoms with Crippen LogP contribution in [0.2, 0.25) is 0 Å². The number of alkyl halides is 1. The van der Waals surface area contributed by atoms with Crippen LogP contribution in [-0.2, 0) is 4.79 Å². The largest absolute Gasteiger partial charge is 0.479 e. The number of aliphatic carboxylic acids is 1. The van der Waals surface area contributed by atoms with E-state index in [1.165, 1.54) is 25.1 Å². The maximum atomic E-state index is 11.8. The number of nitrogens with two attached hydrogens (primary N) is 1. The van der Waals surface area contributed by atoms with E-state index in [4.69, 9.17) is 22.4 Å². The summed E-state index contributed by atoms with van der Waals surface area (Å²) in [5.41, 5.74) is 5.84. The molecule has 17 heavy (non-hydrogen) atoms. The van der Waals surface area contributed by atoms with Crippen LogP contribution in [0, 0.1) is 0 Å². The van der Waals surface area contributed by atoms with Gasteiger partial charge in [0, 0.05) is 16.8 Å². The van der Waals surface area contributed by atoms with Gasteiger partial charge in [0.1, 0.15) is 0 Å². The number of carbonyl (C=O) groups is 2. The summed E-state index contributed by atoms with van der Waals surface area (Å²) in [5.74, 6) is -1.92. The number of halogens is 1. The first kappa shape index (κ1) is 13.5. The fourth-order valence-corrected chi connectivity index (χ4v) is 1.49. The minimum absolute atomic E-state index is 0.01000. The molecule has 0 aromatic heterocycles. The number of rotatable bonds is 4. The number of nitrogen functional groups attached to an aromatic ring is 1. The van der Waals surface area contributed by atoms with E-state index >= 15 is 0 Å². The lowest BCUT2D eigenvalue weighted by molar-refractivity contribution is -0.146. The Morgan fingerprint density at radius 1 is 1.41 bits per heavy atom. The Morgan fingerprint density at radius 2 is 2.00 bits per heavy atom. The van der Waals surface area contributed by atoms with Crippen molar-refractivity contribution in [3.63, 3.8) is 0 Å². The molecule has 2 atom stereocenters. The van der Waals surface area contributed by atoms with Gasteiger partial charge in [-0.2, -0.15) is 0 Å². The molecule has 0 amide bonds. The predicted molar refractivity (Wildman–Crippen MR) is 63.1 cm³/mol. The van der Waals surface area contributed by atoms with Crippen LogP contribution in [0.4, 0.5) is 5.69 Å². The zero-order chi connectivity index (χ0) is 13.2. The number of aliphatic hydroxyl groups excluding tert-OH is 1. The lowest BCUT2D eigenvalue weighted by Gasteiger charge is -2.13. The highest BCUT2D eigenvalue weighted by Crippen LogP contribution is 2.23. The van der Waals surface area contributed by atoms with Crippen LogP contribution in [0.15, 0.2) is 18.2 Å². The van der Waals surface area contributed by atoms with E-state index in [1.54, 1.807) is 0 Å². The van der Waals surface area contributed by atoms with E-state index in [2.05, 4.69) is 0 Å². The molecule has 1 aromatic rings. The van der Waals surface area contributed by atoms with Gasteiger partial charge in [-0.1, -0.05) is 6.07 Å². The van der Waals surface area contributed by atoms with Crippen molar-refractivity contribution in [2.75, 3.05) is 5.73 Å². The Hall–Kier alpha value is -1.59. The molecule has 0 aliphatic carbocycles. The molecule has 0 spiro atoms. The number of carboxylic acids is 1. The summed E-state index contributed by atoms with van der Waals surface area (Å²) < 4.78 is 0. The Balaban J connectivity index is 3.31.